The lowest BCUT2D eigenvalue weighted by molar-refractivity contribution is 0.570. The molecule has 3 aromatic heterocycles. The van der Waals surface area contributed by atoms with Gasteiger partial charge in [0.25, 0.3) is 0 Å². The summed E-state index contributed by atoms with van der Waals surface area (Å²) in [7, 11) is -1.88. The van der Waals surface area contributed by atoms with Crippen molar-refractivity contribution in [1.82, 2.24) is 24.5 Å². The first kappa shape index (κ1) is 22.8. The third kappa shape index (κ3) is 4.55. The maximum Gasteiger partial charge on any atom is 0.218 e. The minimum absolute atomic E-state index is 0.0935. The summed E-state index contributed by atoms with van der Waals surface area (Å²) >= 11 is 0. The second-order valence-corrected chi connectivity index (χ2v) is 10.5. The van der Waals surface area contributed by atoms with Gasteiger partial charge in [-0.1, -0.05) is 24.3 Å². The van der Waals surface area contributed by atoms with E-state index in [1.807, 2.05) is 25.4 Å². The maximum absolute atomic E-state index is 13.6. The molecule has 0 fully saturated rings. The number of aryl methyl sites for hydroxylation is 1. The highest BCUT2D eigenvalue weighted by Crippen LogP contribution is 2.26. The average Bonchev–Trinajstić information content (AvgIpc) is 3.26. The first-order valence-electron chi connectivity index (χ1n) is 11.1. The molecular formula is C26H23N5O3S. The molecule has 0 bridgehead atoms. The van der Waals surface area contributed by atoms with E-state index < -0.39 is 15.3 Å². The van der Waals surface area contributed by atoms with Gasteiger partial charge in [0.15, 0.2) is 5.43 Å². The summed E-state index contributed by atoms with van der Waals surface area (Å²) in [6.45, 7) is 1.70. The van der Waals surface area contributed by atoms with E-state index in [-0.39, 0.29) is 12.0 Å². The number of sulfonamides is 1. The minimum Gasteiger partial charge on any atom is -0.289 e. The Labute approximate surface area is 202 Å². The minimum atomic E-state index is -3.71. The van der Waals surface area contributed by atoms with E-state index in [4.69, 9.17) is 0 Å². The van der Waals surface area contributed by atoms with E-state index in [2.05, 4.69) is 19.8 Å². The molecule has 0 aliphatic heterocycles. The molecule has 176 valence electrons. The van der Waals surface area contributed by atoms with Crippen molar-refractivity contribution in [3.05, 3.63) is 101 Å². The third-order valence-corrected chi connectivity index (χ3v) is 7.81. The molecule has 0 spiro atoms. The predicted octanol–water partition coefficient (Wildman–Crippen LogP) is 3.72. The van der Waals surface area contributed by atoms with Crippen LogP contribution in [0.25, 0.3) is 32.8 Å². The molecule has 8 nitrogen and oxygen atoms in total. The molecule has 0 aliphatic carbocycles. The molecule has 0 saturated heterocycles. The standard InChI is InChI=1S/C26H23N5O3S/c1-17(35(33,34)30-15-22-5-3-4-10-27-22)19-7-6-18-8-9-25-24(26(32)23(18)11-19)12-20(13-28-25)21-14-29-31(2)16-21/h3-14,16-17,30H,15H2,1-2H3. The molecule has 0 aliphatic rings. The third-order valence-electron chi connectivity index (χ3n) is 6.06. The molecule has 3 heterocycles. The van der Waals surface area contributed by atoms with Gasteiger partial charge in [-0.05, 0) is 48.2 Å². The first-order chi connectivity index (χ1) is 16.8. The van der Waals surface area contributed by atoms with Crippen LogP contribution in [0.4, 0.5) is 0 Å². The summed E-state index contributed by atoms with van der Waals surface area (Å²) in [5, 5.41) is 4.94. The van der Waals surface area contributed by atoms with Crippen LogP contribution in [0.2, 0.25) is 0 Å². The second kappa shape index (κ2) is 9.01. The highest BCUT2D eigenvalue weighted by Gasteiger charge is 2.23. The molecule has 5 rings (SSSR count). The van der Waals surface area contributed by atoms with Crippen LogP contribution in [0.3, 0.4) is 0 Å². The summed E-state index contributed by atoms with van der Waals surface area (Å²) in [4.78, 5) is 22.2. The molecule has 0 amide bonds. The highest BCUT2D eigenvalue weighted by atomic mass is 32.2. The number of pyridine rings is 2. The zero-order valence-electron chi connectivity index (χ0n) is 19.2. The lowest BCUT2D eigenvalue weighted by atomic mass is 10.1. The Morgan fingerprint density at radius 3 is 2.54 bits per heavy atom. The van der Waals surface area contributed by atoms with Gasteiger partial charge in [0.1, 0.15) is 0 Å². The predicted molar refractivity (Wildman–Crippen MR) is 136 cm³/mol. The Kier molecular flexibility index (Phi) is 5.88. The van der Waals surface area contributed by atoms with Crippen molar-refractivity contribution < 1.29 is 8.42 Å². The van der Waals surface area contributed by atoms with E-state index in [0.717, 1.165) is 11.1 Å². The van der Waals surface area contributed by atoms with E-state index in [1.54, 1.807) is 72.7 Å². The van der Waals surface area contributed by atoms with Crippen LogP contribution in [0.5, 0.6) is 0 Å². The van der Waals surface area contributed by atoms with Crippen molar-refractivity contribution >= 4 is 31.7 Å². The van der Waals surface area contributed by atoms with Gasteiger partial charge in [0, 0.05) is 47.5 Å². The van der Waals surface area contributed by atoms with Gasteiger partial charge in [0.05, 0.1) is 29.2 Å². The monoisotopic (exact) mass is 485 g/mol. The smallest absolute Gasteiger partial charge is 0.218 e. The van der Waals surface area contributed by atoms with Crippen LogP contribution >= 0.6 is 0 Å². The number of nitrogens with zero attached hydrogens (tertiary/aromatic N) is 4. The Morgan fingerprint density at radius 2 is 1.80 bits per heavy atom. The molecule has 35 heavy (non-hydrogen) atoms. The van der Waals surface area contributed by atoms with Crippen LogP contribution in [-0.2, 0) is 23.6 Å². The molecule has 9 heteroatoms. The topological polar surface area (TPSA) is 107 Å². The van der Waals surface area contributed by atoms with Crippen LogP contribution in [0.1, 0.15) is 23.4 Å². The van der Waals surface area contributed by atoms with Gasteiger partial charge in [-0.3, -0.25) is 19.4 Å². The van der Waals surface area contributed by atoms with E-state index in [0.29, 0.717) is 32.9 Å². The molecular weight excluding hydrogens is 462 g/mol. The average molecular weight is 486 g/mol. The van der Waals surface area contributed by atoms with E-state index in [9.17, 15) is 13.2 Å². The zero-order valence-corrected chi connectivity index (χ0v) is 20.0. The second-order valence-electron chi connectivity index (χ2n) is 8.40. The van der Waals surface area contributed by atoms with E-state index in [1.165, 1.54) is 0 Å². The van der Waals surface area contributed by atoms with Crippen molar-refractivity contribution in [2.24, 2.45) is 7.05 Å². The Hall–Kier alpha value is -3.95. The molecule has 5 aromatic rings. The van der Waals surface area contributed by atoms with Gasteiger partial charge in [0.2, 0.25) is 10.0 Å². The largest absolute Gasteiger partial charge is 0.289 e. The van der Waals surface area contributed by atoms with Crippen LogP contribution in [-0.4, -0.2) is 28.2 Å². The molecule has 1 N–H and O–H groups in total. The van der Waals surface area contributed by atoms with Crippen LogP contribution in [0, 0.1) is 0 Å². The first-order valence-corrected chi connectivity index (χ1v) is 12.6. The highest BCUT2D eigenvalue weighted by molar-refractivity contribution is 7.89. The summed E-state index contributed by atoms with van der Waals surface area (Å²) in [5.74, 6) is 0. The van der Waals surface area contributed by atoms with Gasteiger partial charge in [-0.15, -0.1) is 0 Å². The molecule has 0 saturated carbocycles. The maximum atomic E-state index is 13.6. The van der Waals surface area contributed by atoms with Crippen molar-refractivity contribution in [2.75, 3.05) is 0 Å². The van der Waals surface area contributed by atoms with Crippen molar-refractivity contribution in [3.8, 4) is 11.1 Å². The number of fused-ring (bicyclic) bond motifs is 2. The van der Waals surface area contributed by atoms with Crippen LogP contribution in [0.15, 0.2) is 84.2 Å². The number of nitrogens with one attached hydrogen (secondary N) is 1. The summed E-state index contributed by atoms with van der Waals surface area (Å²) in [5.41, 5.74) is 3.16. The molecule has 1 atom stereocenters. The fourth-order valence-electron chi connectivity index (χ4n) is 3.98. The Morgan fingerprint density at radius 1 is 0.971 bits per heavy atom. The van der Waals surface area contributed by atoms with Gasteiger partial charge in [-0.25, -0.2) is 13.1 Å². The summed E-state index contributed by atoms with van der Waals surface area (Å²) in [6, 6.07) is 16.0. The van der Waals surface area contributed by atoms with Crippen LogP contribution < -0.4 is 10.2 Å². The normalized spacial score (nSPS) is 12.7. The van der Waals surface area contributed by atoms with Gasteiger partial charge >= 0.3 is 0 Å². The molecule has 1 unspecified atom stereocenters. The summed E-state index contributed by atoms with van der Waals surface area (Å²) in [6.07, 6.45) is 6.91. The number of hydrogen-bond acceptors (Lipinski definition) is 6. The fraction of sp³-hybridized carbons (Fsp3) is 0.154. The lowest BCUT2D eigenvalue weighted by Crippen LogP contribution is -2.28. The van der Waals surface area contributed by atoms with Crippen molar-refractivity contribution in [2.45, 2.75) is 18.7 Å². The van der Waals surface area contributed by atoms with Gasteiger partial charge in [-0.2, -0.15) is 5.10 Å². The fourth-order valence-corrected chi connectivity index (χ4v) is 5.09. The Balaban J connectivity index is 1.55. The lowest BCUT2D eigenvalue weighted by Gasteiger charge is -2.14. The Bertz CT molecular complexity index is 1720. The SMILES string of the molecule is CC(c1ccc2ccc3ncc(-c4cnn(C)c4)cc3c(=O)c2c1)S(=O)(=O)NCc1ccccn1. The molecule has 2 aromatic carbocycles. The van der Waals surface area contributed by atoms with Crippen molar-refractivity contribution in [3.63, 3.8) is 0 Å². The number of benzene rings is 1. The molecule has 0 radical (unpaired) electrons. The zero-order chi connectivity index (χ0) is 24.6. The van der Waals surface area contributed by atoms with Gasteiger partial charge < -0.3 is 0 Å². The van der Waals surface area contributed by atoms with Crippen molar-refractivity contribution in [1.29, 1.82) is 0 Å². The number of rotatable bonds is 6. The quantitative estimate of drug-likeness (QED) is 0.393. The number of hydrogen-bond donors (Lipinski definition) is 1. The number of aromatic nitrogens is 4. The summed E-state index contributed by atoms with van der Waals surface area (Å²) < 4.78 is 30.2. The van der Waals surface area contributed by atoms with E-state index >= 15 is 0 Å².